The zero-order chi connectivity index (χ0) is 20.1. The SMILES string of the molecule is CCN1C(=O)/C(=C\c2cn(C)nc2C)N=C1SCC(=O)NCc1ccccc1. The number of benzene rings is 1. The maximum absolute atomic E-state index is 12.6. The van der Waals surface area contributed by atoms with E-state index in [1.54, 1.807) is 15.7 Å². The average molecular weight is 398 g/mol. The Bertz CT molecular complexity index is 933. The van der Waals surface area contributed by atoms with Crippen LogP contribution in [0.2, 0.25) is 0 Å². The number of aromatic nitrogens is 2. The minimum Gasteiger partial charge on any atom is -0.351 e. The summed E-state index contributed by atoms with van der Waals surface area (Å²) >= 11 is 1.27. The molecular weight excluding hydrogens is 374 g/mol. The molecule has 0 spiro atoms. The van der Waals surface area contributed by atoms with Gasteiger partial charge < -0.3 is 5.32 Å². The van der Waals surface area contributed by atoms with Crippen molar-refractivity contribution < 1.29 is 9.59 Å². The van der Waals surface area contributed by atoms with Crippen LogP contribution in [0.5, 0.6) is 0 Å². The summed E-state index contributed by atoms with van der Waals surface area (Å²) in [6.45, 7) is 4.76. The van der Waals surface area contributed by atoms with E-state index < -0.39 is 0 Å². The van der Waals surface area contributed by atoms with E-state index in [1.807, 2.05) is 57.4 Å². The molecule has 1 aromatic heterocycles. The topological polar surface area (TPSA) is 79.6 Å². The predicted molar refractivity (Wildman–Crippen MR) is 111 cm³/mol. The molecule has 7 nitrogen and oxygen atoms in total. The highest BCUT2D eigenvalue weighted by molar-refractivity contribution is 8.14. The number of carbonyl (C=O) groups is 2. The third kappa shape index (κ3) is 4.69. The van der Waals surface area contributed by atoms with E-state index in [-0.39, 0.29) is 17.6 Å². The first-order chi connectivity index (χ1) is 13.5. The summed E-state index contributed by atoms with van der Waals surface area (Å²) in [5.74, 6) is -0.0483. The first-order valence-electron chi connectivity index (χ1n) is 9.04. The van der Waals surface area contributed by atoms with Crippen LogP contribution in [0.15, 0.2) is 47.2 Å². The molecule has 0 aliphatic carbocycles. The van der Waals surface area contributed by atoms with Gasteiger partial charge in [-0.1, -0.05) is 42.1 Å². The van der Waals surface area contributed by atoms with Crippen LogP contribution in [0.25, 0.3) is 6.08 Å². The number of aryl methyl sites for hydroxylation is 2. The fourth-order valence-electron chi connectivity index (χ4n) is 2.80. The summed E-state index contributed by atoms with van der Waals surface area (Å²) in [4.78, 5) is 30.8. The zero-order valence-corrected chi connectivity index (χ0v) is 17.0. The van der Waals surface area contributed by atoms with Gasteiger partial charge >= 0.3 is 0 Å². The van der Waals surface area contributed by atoms with E-state index in [1.165, 1.54) is 11.8 Å². The number of thioether (sulfide) groups is 1. The fraction of sp³-hybridized carbons (Fsp3) is 0.300. The number of nitrogens with one attached hydrogen (secondary N) is 1. The lowest BCUT2D eigenvalue weighted by Gasteiger charge is -2.14. The lowest BCUT2D eigenvalue weighted by Crippen LogP contribution is -2.32. The number of carbonyl (C=O) groups excluding carboxylic acids is 2. The van der Waals surface area contributed by atoms with Crippen molar-refractivity contribution in [2.24, 2.45) is 12.0 Å². The standard InChI is InChI=1S/C20H23N5O2S/c1-4-25-19(27)17(10-16-12-24(3)23-14(16)2)22-20(25)28-13-18(26)21-11-15-8-6-5-7-9-15/h5-10,12H,4,11,13H2,1-3H3,(H,21,26)/b17-10+. The summed E-state index contributed by atoms with van der Waals surface area (Å²) in [6, 6.07) is 9.74. The van der Waals surface area contributed by atoms with Crippen LogP contribution in [-0.4, -0.2) is 44.0 Å². The highest BCUT2D eigenvalue weighted by Crippen LogP contribution is 2.24. The van der Waals surface area contributed by atoms with Crippen molar-refractivity contribution in [3.63, 3.8) is 0 Å². The first kappa shape index (κ1) is 19.9. The van der Waals surface area contributed by atoms with Crippen molar-refractivity contribution in [3.8, 4) is 0 Å². The van der Waals surface area contributed by atoms with Crippen molar-refractivity contribution >= 4 is 34.8 Å². The summed E-state index contributed by atoms with van der Waals surface area (Å²) < 4.78 is 1.70. The van der Waals surface area contributed by atoms with Gasteiger partial charge in [0, 0.05) is 31.9 Å². The van der Waals surface area contributed by atoms with Crippen LogP contribution in [0.1, 0.15) is 23.7 Å². The van der Waals surface area contributed by atoms with Crippen molar-refractivity contribution in [1.29, 1.82) is 0 Å². The van der Waals surface area contributed by atoms with Gasteiger partial charge in [0.2, 0.25) is 5.91 Å². The van der Waals surface area contributed by atoms with Gasteiger partial charge in [-0.25, -0.2) is 4.99 Å². The Morgan fingerprint density at radius 1 is 1.29 bits per heavy atom. The molecule has 0 saturated heterocycles. The van der Waals surface area contributed by atoms with Gasteiger partial charge in [0.05, 0.1) is 11.4 Å². The molecule has 0 saturated carbocycles. The number of aliphatic imine (C=N–C) groups is 1. The minimum atomic E-state index is -0.155. The molecule has 28 heavy (non-hydrogen) atoms. The maximum Gasteiger partial charge on any atom is 0.278 e. The van der Waals surface area contributed by atoms with E-state index in [4.69, 9.17) is 0 Å². The van der Waals surface area contributed by atoms with Crippen molar-refractivity contribution in [2.45, 2.75) is 20.4 Å². The van der Waals surface area contributed by atoms with Gasteiger partial charge in [-0.3, -0.25) is 19.2 Å². The van der Waals surface area contributed by atoms with E-state index in [2.05, 4.69) is 15.4 Å². The van der Waals surface area contributed by atoms with Gasteiger partial charge in [0.1, 0.15) is 5.70 Å². The molecule has 0 unspecified atom stereocenters. The molecule has 0 atom stereocenters. The van der Waals surface area contributed by atoms with Crippen molar-refractivity contribution in [3.05, 3.63) is 59.0 Å². The number of hydrogen-bond donors (Lipinski definition) is 1. The number of amides is 2. The summed E-state index contributed by atoms with van der Waals surface area (Å²) in [6.07, 6.45) is 3.60. The van der Waals surface area contributed by atoms with Gasteiger partial charge in [-0.15, -0.1) is 0 Å². The van der Waals surface area contributed by atoms with Crippen LogP contribution in [0.3, 0.4) is 0 Å². The van der Waals surface area contributed by atoms with E-state index in [0.717, 1.165) is 16.8 Å². The van der Waals surface area contributed by atoms with E-state index >= 15 is 0 Å². The van der Waals surface area contributed by atoms with E-state index in [0.29, 0.717) is 24.0 Å². The highest BCUT2D eigenvalue weighted by Gasteiger charge is 2.29. The van der Waals surface area contributed by atoms with E-state index in [9.17, 15) is 9.59 Å². The minimum absolute atomic E-state index is 0.0967. The normalized spacial score (nSPS) is 15.2. The summed E-state index contributed by atoms with van der Waals surface area (Å²) in [7, 11) is 1.84. The molecule has 3 rings (SSSR count). The summed E-state index contributed by atoms with van der Waals surface area (Å²) in [5, 5.41) is 7.72. The zero-order valence-electron chi connectivity index (χ0n) is 16.2. The molecule has 2 aromatic rings. The molecule has 0 bridgehead atoms. The predicted octanol–water partition coefficient (Wildman–Crippen LogP) is 2.34. The Morgan fingerprint density at radius 2 is 2.04 bits per heavy atom. The Balaban J connectivity index is 1.63. The molecule has 2 amide bonds. The molecule has 0 fully saturated rings. The van der Waals surface area contributed by atoms with Gasteiger partial charge in [0.15, 0.2) is 5.17 Å². The Morgan fingerprint density at radius 3 is 2.68 bits per heavy atom. The molecule has 0 radical (unpaired) electrons. The average Bonchev–Trinajstić information content (AvgIpc) is 3.17. The lowest BCUT2D eigenvalue weighted by atomic mass is 10.2. The van der Waals surface area contributed by atoms with Gasteiger partial charge in [0.25, 0.3) is 5.91 Å². The smallest absolute Gasteiger partial charge is 0.278 e. The van der Waals surface area contributed by atoms with Gasteiger partial charge in [-0.2, -0.15) is 5.10 Å². The molecule has 1 N–H and O–H groups in total. The monoisotopic (exact) mass is 397 g/mol. The Kier molecular flexibility index (Phi) is 6.30. The van der Waals surface area contributed by atoms with Crippen LogP contribution in [0, 0.1) is 6.92 Å². The Hall–Kier alpha value is -2.87. The lowest BCUT2D eigenvalue weighted by molar-refractivity contribution is -0.122. The number of amidine groups is 1. The second-order valence-electron chi connectivity index (χ2n) is 6.37. The largest absolute Gasteiger partial charge is 0.351 e. The fourth-order valence-corrected chi connectivity index (χ4v) is 3.70. The number of likely N-dealkylation sites (N-methyl/N-ethyl adjacent to an activating group) is 1. The maximum atomic E-state index is 12.6. The molecule has 1 aliphatic rings. The number of rotatable bonds is 6. The Labute approximate surface area is 168 Å². The number of nitrogens with zero attached hydrogens (tertiary/aromatic N) is 4. The summed E-state index contributed by atoms with van der Waals surface area (Å²) in [5.41, 5.74) is 3.10. The van der Waals surface area contributed by atoms with Crippen molar-refractivity contribution in [2.75, 3.05) is 12.3 Å². The van der Waals surface area contributed by atoms with Crippen LogP contribution in [0.4, 0.5) is 0 Å². The van der Waals surface area contributed by atoms with Crippen molar-refractivity contribution in [1.82, 2.24) is 20.0 Å². The molecule has 1 aromatic carbocycles. The van der Waals surface area contributed by atoms with Gasteiger partial charge in [-0.05, 0) is 25.5 Å². The molecule has 1 aliphatic heterocycles. The third-order valence-corrected chi connectivity index (χ3v) is 5.21. The van der Waals surface area contributed by atoms with Crippen LogP contribution < -0.4 is 5.32 Å². The second kappa shape index (κ2) is 8.88. The molecule has 146 valence electrons. The molecule has 2 heterocycles. The third-order valence-electron chi connectivity index (χ3n) is 4.24. The quantitative estimate of drug-likeness (QED) is 0.759. The first-order valence-corrected chi connectivity index (χ1v) is 10.0. The van der Waals surface area contributed by atoms with Crippen LogP contribution in [-0.2, 0) is 23.2 Å². The molecule has 8 heteroatoms. The molecular formula is C20H23N5O2S. The second-order valence-corrected chi connectivity index (χ2v) is 7.31. The number of hydrogen-bond acceptors (Lipinski definition) is 5. The van der Waals surface area contributed by atoms with Crippen LogP contribution >= 0.6 is 11.8 Å². The highest BCUT2D eigenvalue weighted by atomic mass is 32.2.